The van der Waals surface area contributed by atoms with Crippen LogP contribution in [-0.4, -0.2) is 30.2 Å². The number of nitrogens with zero attached hydrogens (tertiary/aromatic N) is 1. The van der Waals surface area contributed by atoms with Crippen LogP contribution in [-0.2, 0) is 4.79 Å². The molecule has 4 aromatic rings. The summed E-state index contributed by atoms with van der Waals surface area (Å²) in [5.41, 5.74) is 3.38. The van der Waals surface area contributed by atoms with Gasteiger partial charge in [-0.3, -0.25) is 4.79 Å². The van der Waals surface area contributed by atoms with E-state index in [0.717, 1.165) is 0 Å². The zero-order valence-corrected chi connectivity index (χ0v) is 22.6. The van der Waals surface area contributed by atoms with Gasteiger partial charge in [0.2, 0.25) is 0 Å². The molecule has 0 aromatic heterocycles. The van der Waals surface area contributed by atoms with Crippen molar-refractivity contribution in [2.24, 2.45) is 5.10 Å². The molecule has 8 nitrogen and oxygen atoms in total. The average Bonchev–Trinajstić information content (AvgIpc) is 2.96. The Morgan fingerprint density at radius 2 is 1.40 bits per heavy atom. The van der Waals surface area contributed by atoms with Crippen LogP contribution >= 0.6 is 23.2 Å². The quantitative estimate of drug-likeness (QED) is 0.108. The standard InChI is InChI=1S/C30H22Cl2N2O6/c1-19(38-26-15-13-23(31)16-25(26)32)28(35)34-33-18-22-12-14-24(39-29(36)20-8-4-2-5-9-20)17-27(22)40-30(37)21-10-6-3-7-11-21/h2-19H,1H3,(H,34,35)/b33-18-/t19-/m0/s1. The summed E-state index contributed by atoms with van der Waals surface area (Å²) in [5, 5.41) is 4.65. The van der Waals surface area contributed by atoms with Gasteiger partial charge in [0.1, 0.15) is 17.2 Å². The molecular formula is C30H22Cl2N2O6. The highest BCUT2D eigenvalue weighted by Crippen LogP contribution is 2.28. The molecule has 0 aliphatic heterocycles. The number of nitrogens with one attached hydrogen (secondary N) is 1. The molecule has 4 aromatic carbocycles. The lowest BCUT2D eigenvalue weighted by Gasteiger charge is -2.14. The first kappa shape index (κ1) is 28.4. The lowest BCUT2D eigenvalue weighted by molar-refractivity contribution is -0.127. The summed E-state index contributed by atoms with van der Waals surface area (Å²) in [6.07, 6.45) is 0.349. The number of hydrogen-bond donors (Lipinski definition) is 1. The van der Waals surface area contributed by atoms with Crippen LogP contribution in [0.25, 0.3) is 0 Å². The molecule has 0 fully saturated rings. The summed E-state index contributed by atoms with van der Waals surface area (Å²) in [6, 6.07) is 25.9. The number of hydrazone groups is 1. The molecule has 0 bridgehead atoms. The lowest BCUT2D eigenvalue weighted by atomic mass is 10.2. The van der Waals surface area contributed by atoms with Crippen LogP contribution < -0.4 is 19.6 Å². The zero-order valence-electron chi connectivity index (χ0n) is 21.0. The SMILES string of the molecule is C[C@H](Oc1ccc(Cl)cc1Cl)C(=O)N/N=C\c1ccc(OC(=O)c2ccccc2)cc1OC(=O)c1ccccc1. The van der Waals surface area contributed by atoms with E-state index in [1.54, 1.807) is 72.8 Å². The van der Waals surface area contributed by atoms with Crippen molar-refractivity contribution in [3.8, 4) is 17.2 Å². The highest BCUT2D eigenvalue weighted by molar-refractivity contribution is 6.35. The van der Waals surface area contributed by atoms with E-state index in [-0.39, 0.29) is 22.3 Å². The summed E-state index contributed by atoms with van der Waals surface area (Å²) in [7, 11) is 0. The Bertz CT molecular complexity index is 1540. The van der Waals surface area contributed by atoms with Gasteiger partial charge in [-0.25, -0.2) is 15.0 Å². The van der Waals surface area contributed by atoms with Crippen LogP contribution in [0.5, 0.6) is 17.2 Å². The second kappa shape index (κ2) is 13.4. The van der Waals surface area contributed by atoms with E-state index in [9.17, 15) is 14.4 Å². The van der Waals surface area contributed by atoms with Gasteiger partial charge >= 0.3 is 11.9 Å². The maximum absolute atomic E-state index is 12.7. The number of carbonyl (C=O) groups is 3. The number of carbonyl (C=O) groups excluding carboxylic acids is 3. The first-order chi connectivity index (χ1) is 19.3. The second-order valence-electron chi connectivity index (χ2n) is 8.28. The van der Waals surface area contributed by atoms with Gasteiger partial charge in [-0.15, -0.1) is 0 Å². The Kier molecular flexibility index (Phi) is 9.51. The van der Waals surface area contributed by atoms with E-state index < -0.39 is 23.9 Å². The number of hydrogen-bond acceptors (Lipinski definition) is 7. The van der Waals surface area contributed by atoms with Crippen molar-refractivity contribution in [2.75, 3.05) is 0 Å². The van der Waals surface area contributed by atoms with Crippen LogP contribution in [0, 0.1) is 0 Å². The van der Waals surface area contributed by atoms with Crippen molar-refractivity contribution in [3.05, 3.63) is 124 Å². The largest absolute Gasteiger partial charge is 0.479 e. The molecule has 0 spiro atoms. The third kappa shape index (κ3) is 7.69. The summed E-state index contributed by atoms with van der Waals surface area (Å²) < 4.78 is 16.6. The highest BCUT2D eigenvalue weighted by Gasteiger charge is 2.17. The summed E-state index contributed by atoms with van der Waals surface area (Å²) >= 11 is 12.0. The fourth-order valence-corrected chi connectivity index (χ4v) is 3.77. The lowest BCUT2D eigenvalue weighted by Crippen LogP contribution is -2.33. The minimum absolute atomic E-state index is 0.0578. The zero-order chi connectivity index (χ0) is 28.5. The first-order valence-corrected chi connectivity index (χ1v) is 12.7. The van der Waals surface area contributed by atoms with Gasteiger partial charge in [-0.05, 0) is 61.5 Å². The van der Waals surface area contributed by atoms with E-state index in [1.165, 1.54) is 37.4 Å². The Hall–Kier alpha value is -4.66. The van der Waals surface area contributed by atoms with Crippen molar-refractivity contribution in [1.29, 1.82) is 0 Å². The van der Waals surface area contributed by atoms with Gasteiger partial charge in [0, 0.05) is 16.7 Å². The van der Waals surface area contributed by atoms with Crippen LogP contribution in [0.3, 0.4) is 0 Å². The molecule has 0 aliphatic carbocycles. The monoisotopic (exact) mass is 576 g/mol. The molecule has 0 unspecified atom stereocenters. The molecule has 0 saturated carbocycles. The van der Waals surface area contributed by atoms with E-state index in [2.05, 4.69) is 10.5 Å². The molecule has 40 heavy (non-hydrogen) atoms. The molecule has 0 aliphatic rings. The van der Waals surface area contributed by atoms with E-state index in [0.29, 0.717) is 21.7 Å². The van der Waals surface area contributed by atoms with Crippen molar-refractivity contribution in [3.63, 3.8) is 0 Å². The van der Waals surface area contributed by atoms with Gasteiger partial charge in [0.05, 0.1) is 22.4 Å². The summed E-state index contributed by atoms with van der Waals surface area (Å²) in [5.74, 6) is -1.28. The molecule has 1 amide bonds. The number of benzene rings is 4. The maximum atomic E-state index is 12.7. The maximum Gasteiger partial charge on any atom is 0.343 e. The summed E-state index contributed by atoms with van der Waals surface area (Å²) in [4.78, 5) is 37.7. The molecule has 10 heteroatoms. The molecular weight excluding hydrogens is 555 g/mol. The smallest absolute Gasteiger partial charge is 0.343 e. The van der Waals surface area contributed by atoms with Crippen LogP contribution in [0.1, 0.15) is 33.2 Å². The minimum Gasteiger partial charge on any atom is -0.479 e. The van der Waals surface area contributed by atoms with Crippen LogP contribution in [0.4, 0.5) is 0 Å². The average molecular weight is 577 g/mol. The Morgan fingerprint density at radius 1 is 0.775 bits per heavy atom. The summed E-state index contributed by atoms with van der Waals surface area (Å²) in [6.45, 7) is 1.53. The molecule has 202 valence electrons. The fraction of sp³-hybridized carbons (Fsp3) is 0.0667. The number of rotatable bonds is 9. The second-order valence-corrected chi connectivity index (χ2v) is 9.12. The van der Waals surface area contributed by atoms with Gasteiger partial charge in [-0.1, -0.05) is 59.6 Å². The minimum atomic E-state index is -0.939. The van der Waals surface area contributed by atoms with Crippen molar-refractivity contribution in [1.82, 2.24) is 5.43 Å². The fourth-order valence-electron chi connectivity index (χ4n) is 3.32. The third-order valence-electron chi connectivity index (χ3n) is 5.36. The van der Waals surface area contributed by atoms with Gasteiger partial charge < -0.3 is 14.2 Å². The van der Waals surface area contributed by atoms with Gasteiger partial charge in [-0.2, -0.15) is 5.10 Å². The third-order valence-corrected chi connectivity index (χ3v) is 5.89. The number of ether oxygens (including phenoxy) is 3. The van der Waals surface area contributed by atoms with Crippen molar-refractivity contribution < 1.29 is 28.6 Å². The molecule has 0 saturated heterocycles. The van der Waals surface area contributed by atoms with E-state index >= 15 is 0 Å². The van der Waals surface area contributed by atoms with Crippen molar-refractivity contribution in [2.45, 2.75) is 13.0 Å². The van der Waals surface area contributed by atoms with Crippen LogP contribution in [0.15, 0.2) is 102 Å². The predicted molar refractivity (Wildman–Crippen MR) is 152 cm³/mol. The molecule has 1 atom stereocenters. The molecule has 0 radical (unpaired) electrons. The predicted octanol–water partition coefficient (Wildman–Crippen LogP) is 6.35. The molecule has 4 rings (SSSR count). The number of amides is 1. The Morgan fingerprint density at radius 3 is 2.02 bits per heavy atom. The highest BCUT2D eigenvalue weighted by atomic mass is 35.5. The Labute approximate surface area is 240 Å². The normalized spacial score (nSPS) is 11.5. The molecule has 0 heterocycles. The van der Waals surface area contributed by atoms with Gasteiger partial charge in [0.25, 0.3) is 5.91 Å². The first-order valence-electron chi connectivity index (χ1n) is 11.9. The van der Waals surface area contributed by atoms with Crippen LogP contribution in [0.2, 0.25) is 10.0 Å². The van der Waals surface area contributed by atoms with E-state index in [1.807, 2.05) is 0 Å². The topological polar surface area (TPSA) is 103 Å². The van der Waals surface area contributed by atoms with Gasteiger partial charge in [0.15, 0.2) is 6.10 Å². The number of esters is 2. The molecule has 1 N–H and O–H groups in total. The van der Waals surface area contributed by atoms with Crippen molar-refractivity contribution >= 4 is 47.3 Å². The number of halogens is 2. The van der Waals surface area contributed by atoms with E-state index in [4.69, 9.17) is 37.4 Å². The Balaban J connectivity index is 1.49.